The van der Waals surface area contributed by atoms with E-state index >= 15 is 0 Å². The molecule has 1 aromatic heterocycles. The summed E-state index contributed by atoms with van der Waals surface area (Å²) in [4.78, 5) is 14.9. The molecule has 0 amide bonds. The maximum Gasteiger partial charge on any atom is 0.305 e. The van der Waals surface area contributed by atoms with Crippen molar-refractivity contribution in [1.82, 2.24) is 9.55 Å². The highest BCUT2D eigenvalue weighted by Crippen LogP contribution is 2.21. The number of aryl methyl sites for hydroxylation is 1. The molecule has 5 nitrogen and oxygen atoms in total. The number of nitrogens with zero attached hydrogens (tertiary/aromatic N) is 2. The number of anilines is 1. The van der Waals surface area contributed by atoms with E-state index < -0.39 is 5.97 Å². The zero-order chi connectivity index (χ0) is 13.8. The van der Waals surface area contributed by atoms with Gasteiger partial charge in [0.2, 0.25) is 5.95 Å². The fraction of sp³-hybridized carbons (Fsp3) is 0.231. The molecule has 2 N–H and O–H groups in total. The Labute approximate surface area is 109 Å². The number of halogens is 1. The van der Waals surface area contributed by atoms with Gasteiger partial charge in [0.05, 0.1) is 17.5 Å². The zero-order valence-electron chi connectivity index (χ0n) is 10.3. The number of rotatable bonds is 6. The minimum absolute atomic E-state index is 0.0222. The topological polar surface area (TPSA) is 67.2 Å². The van der Waals surface area contributed by atoms with Gasteiger partial charge in [-0.05, 0) is 12.1 Å². The van der Waals surface area contributed by atoms with E-state index in [1.165, 1.54) is 12.1 Å². The SMILES string of the molecule is C=CCNc1nc2cc(F)ccc2n1CCC(=O)O. The number of hydrogen-bond donors (Lipinski definition) is 2. The quantitative estimate of drug-likeness (QED) is 0.784. The van der Waals surface area contributed by atoms with Crippen LogP contribution in [0.2, 0.25) is 0 Å². The lowest BCUT2D eigenvalue weighted by Gasteiger charge is -2.08. The van der Waals surface area contributed by atoms with Gasteiger partial charge < -0.3 is 15.0 Å². The molecule has 100 valence electrons. The summed E-state index contributed by atoms with van der Waals surface area (Å²) in [6.07, 6.45) is 1.65. The molecule has 1 aromatic carbocycles. The Bertz CT molecular complexity index is 622. The largest absolute Gasteiger partial charge is 0.481 e. The summed E-state index contributed by atoms with van der Waals surface area (Å²) in [5.74, 6) is -0.744. The fourth-order valence-corrected chi connectivity index (χ4v) is 1.84. The lowest BCUT2D eigenvalue weighted by molar-refractivity contribution is -0.137. The number of hydrogen-bond acceptors (Lipinski definition) is 3. The van der Waals surface area contributed by atoms with Crippen LogP contribution in [0.5, 0.6) is 0 Å². The number of benzene rings is 1. The highest BCUT2D eigenvalue weighted by molar-refractivity contribution is 5.79. The molecule has 0 unspecified atom stereocenters. The molecule has 0 saturated carbocycles. The third-order valence-corrected chi connectivity index (χ3v) is 2.66. The van der Waals surface area contributed by atoms with E-state index in [2.05, 4.69) is 16.9 Å². The van der Waals surface area contributed by atoms with Crippen molar-refractivity contribution in [1.29, 1.82) is 0 Å². The van der Waals surface area contributed by atoms with E-state index in [1.807, 2.05) is 0 Å². The lowest BCUT2D eigenvalue weighted by Crippen LogP contribution is -2.10. The normalized spacial score (nSPS) is 10.6. The Morgan fingerprint density at radius 3 is 3.05 bits per heavy atom. The molecule has 0 aliphatic carbocycles. The number of aliphatic carboxylic acids is 1. The number of nitrogens with one attached hydrogen (secondary N) is 1. The first kappa shape index (κ1) is 13.1. The lowest BCUT2D eigenvalue weighted by atomic mass is 10.3. The van der Waals surface area contributed by atoms with Gasteiger partial charge in [-0.25, -0.2) is 9.37 Å². The highest BCUT2D eigenvalue weighted by Gasteiger charge is 2.11. The molecule has 0 radical (unpaired) electrons. The van der Waals surface area contributed by atoms with Crippen molar-refractivity contribution in [3.63, 3.8) is 0 Å². The van der Waals surface area contributed by atoms with Gasteiger partial charge in [0, 0.05) is 19.2 Å². The monoisotopic (exact) mass is 263 g/mol. The van der Waals surface area contributed by atoms with Crippen LogP contribution in [0.4, 0.5) is 10.3 Å². The molecule has 0 spiro atoms. The van der Waals surface area contributed by atoms with Crippen LogP contribution in [-0.2, 0) is 11.3 Å². The summed E-state index contributed by atoms with van der Waals surface area (Å²) in [5, 5.41) is 11.8. The zero-order valence-corrected chi connectivity index (χ0v) is 10.3. The van der Waals surface area contributed by atoms with Crippen LogP contribution in [0.25, 0.3) is 11.0 Å². The molecule has 0 atom stereocenters. The van der Waals surface area contributed by atoms with E-state index in [4.69, 9.17) is 5.11 Å². The number of imidazole rings is 1. The van der Waals surface area contributed by atoms with Gasteiger partial charge in [-0.3, -0.25) is 4.79 Å². The molecule has 0 saturated heterocycles. The van der Waals surface area contributed by atoms with Crippen molar-refractivity contribution < 1.29 is 14.3 Å². The Kier molecular flexibility index (Phi) is 3.79. The Balaban J connectivity index is 2.41. The fourth-order valence-electron chi connectivity index (χ4n) is 1.84. The van der Waals surface area contributed by atoms with Gasteiger partial charge in [0.25, 0.3) is 0 Å². The second-order valence-corrected chi connectivity index (χ2v) is 4.03. The Hall–Kier alpha value is -2.37. The molecular weight excluding hydrogens is 249 g/mol. The van der Waals surface area contributed by atoms with Crippen LogP contribution >= 0.6 is 0 Å². The van der Waals surface area contributed by atoms with Crippen molar-refractivity contribution in [2.24, 2.45) is 0 Å². The summed E-state index contributed by atoms with van der Waals surface area (Å²) < 4.78 is 14.9. The summed E-state index contributed by atoms with van der Waals surface area (Å²) in [7, 11) is 0. The minimum Gasteiger partial charge on any atom is -0.481 e. The first-order valence-corrected chi connectivity index (χ1v) is 5.84. The van der Waals surface area contributed by atoms with Crippen LogP contribution in [-0.4, -0.2) is 27.2 Å². The van der Waals surface area contributed by atoms with Gasteiger partial charge in [-0.15, -0.1) is 6.58 Å². The van der Waals surface area contributed by atoms with Gasteiger partial charge in [-0.2, -0.15) is 0 Å². The number of carbonyl (C=O) groups is 1. The van der Waals surface area contributed by atoms with Crippen LogP contribution in [0, 0.1) is 5.82 Å². The smallest absolute Gasteiger partial charge is 0.305 e. The first-order valence-electron chi connectivity index (χ1n) is 5.84. The first-order chi connectivity index (χ1) is 9.11. The molecule has 2 aromatic rings. The van der Waals surface area contributed by atoms with Crippen molar-refractivity contribution in [3.8, 4) is 0 Å². The highest BCUT2D eigenvalue weighted by atomic mass is 19.1. The van der Waals surface area contributed by atoms with E-state index in [0.717, 1.165) is 0 Å². The summed E-state index contributed by atoms with van der Waals surface area (Å²) in [6.45, 7) is 4.37. The number of fused-ring (bicyclic) bond motifs is 1. The third kappa shape index (κ3) is 2.90. The van der Waals surface area contributed by atoms with Crippen molar-refractivity contribution in [2.45, 2.75) is 13.0 Å². The predicted octanol–water partition coefficient (Wildman–Crippen LogP) is 2.25. The minimum atomic E-state index is -0.890. The Morgan fingerprint density at radius 1 is 1.58 bits per heavy atom. The summed E-state index contributed by atoms with van der Waals surface area (Å²) in [5.41, 5.74) is 1.20. The molecule has 1 heterocycles. The van der Waals surface area contributed by atoms with Crippen LogP contribution < -0.4 is 5.32 Å². The molecule has 2 rings (SSSR count). The second kappa shape index (κ2) is 5.51. The van der Waals surface area contributed by atoms with Gasteiger partial charge in [-0.1, -0.05) is 6.08 Å². The molecular formula is C13H14FN3O2. The molecule has 6 heteroatoms. The van der Waals surface area contributed by atoms with Crippen LogP contribution in [0.15, 0.2) is 30.9 Å². The predicted molar refractivity (Wildman–Crippen MR) is 70.6 cm³/mol. The van der Waals surface area contributed by atoms with Crippen molar-refractivity contribution in [2.75, 3.05) is 11.9 Å². The van der Waals surface area contributed by atoms with Crippen molar-refractivity contribution in [3.05, 3.63) is 36.7 Å². The maximum absolute atomic E-state index is 13.2. The van der Waals surface area contributed by atoms with Gasteiger partial charge in [0.1, 0.15) is 5.82 Å². The van der Waals surface area contributed by atoms with E-state index in [9.17, 15) is 9.18 Å². The molecule has 0 aliphatic rings. The van der Waals surface area contributed by atoms with Crippen LogP contribution in [0.3, 0.4) is 0 Å². The maximum atomic E-state index is 13.2. The van der Waals surface area contributed by atoms with E-state index in [-0.39, 0.29) is 18.8 Å². The molecule has 19 heavy (non-hydrogen) atoms. The van der Waals surface area contributed by atoms with Gasteiger partial charge >= 0.3 is 5.97 Å². The number of aromatic nitrogens is 2. The number of carboxylic acid groups (broad SMARTS) is 1. The average molecular weight is 263 g/mol. The number of carboxylic acids is 1. The molecule has 0 fully saturated rings. The van der Waals surface area contributed by atoms with E-state index in [1.54, 1.807) is 16.7 Å². The van der Waals surface area contributed by atoms with E-state index in [0.29, 0.717) is 23.5 Å². The van der Waals surface area contributed by atoms with Crippen molar-refractivity contribution >= 4 is 23.0 Å². The molecule has 0 aliphatic heterocycles. The average Bonchev–Trinajstić information content (AvgIpc) is 2.70. The molecule has 0 bridgehead atoms. The van der Waals surface area contributed by atoms with Gasteiger partial charge in [0.15, 0.2) is 0 Å². The second-order valence-electron chi connectivity index (χ2n) is 4.03. The van der Waals surface area contributed by atoms with Crippen LogP contribution in [0.1, 0.15) is 6.42 Å². The summed E-state index contributed by atoms with van der Waals surface area (Å²) in [6, 6.07) is 4.25. The Morgan fingerprint density at radius 2 is 2.37 bits per heavy atom. The third-order valence-electron chi connectivity index (χ3n) is 2.66. The summed E-state index contributed by atoms with van der Waals surface area (Å²) >= 11 is 0. The standard InChI is InChI=1S/C13H14FN3O2/c1-2-6-15-13-16-10-8-9(14)3-4-11(10)17(13)7-5-12(18)19/h2-4,8H,1,5-7H2,(H,15,16)(H,18,19).